The summed E-state index contributed by atoms with van der Waals surface area (Å²) in [5.74, 6) is -1.51. The van der Waals surface area contributed by atoms with Crippen molar-refractivity contribution in [3.8, 4) is 0 Å². The van der Waals surface area contributed by atoms with Gasteiger partial charge in [0, 0.05) is 18.2 Å². The van der Waals surface area contributed by atoms with E-state index in [1.807, 2.05) is 30.3 Å². The second-order valence-corrected chi connectivity index (χ2v) is 5.23. The molecule has 0 saturated heterocycles. The lowest BCUT2D eigenvalue weighted by molar-refractivity contribution is -0.139. The summed E-state index contributed by atoms with van der Waals surface area (Å²) in [6.45, 7) is 0. The third kappa shape index (κ3) is 4.39. The van der Waals surface area contributed by atoms with Crippen LogP contribution < -0.4 is 5.32 Å². The van der Waals surface area contributed by atoms with Crippen LogP contribution in [0.25, 0.3) is 0 Å². The van der Waals surface area contributed by atoms with E-state index >= 15 is 0 Å². The number of carbonyl (C=O) groups is 2. The molecule has 0 aliphatic carbocycles. The molecule has 0 spiro atoms. The number of benzene rings is 1. The normalized spacial score (nSPS) is 11.7. The van der Waals surface area contributed by atoms with Gasteiger partial charge in [0.1, 0.15) is 10.6 Å². The smallest absolute Gasteiger partial charge is 0.326 e. The Balaban J connectivity index is 2.10. The lowest BCUT2D eigenvalue weighted by Crippen LogP contribution is -2.42. The van der Waals surface area contributed by atoms with Crippen LogP contribution in [0.4, 0.5) is 0 Å². The predicted molar refractivity (Wildman–Crippen MR) is 81.0 cm³/mol. The molecule has 21 heavy (non-hydrogen) atoms. The van der Waals surface area contributed by atoms with Gasteiger partial charge >= 0.3 is 5.97 Å². The third-order valence-corrected chi connectivity index (χ3v) is 3.31. The van der Waals surface area contributed by atoms with Gasteiger partial charge in [0.05, 0.1) is 0 Å². The monoisotopic (exact) mass is 348 g/mol. The zero-order chi connectivity index (χ0) is 15.2. The van der Waals surface area contributed by atoms with Crippen molar-refractivity contribution >= 4 is 27.8 Å². The van der Waals surface area contributed by atoms with Crippen LogP contribution in [0.2, 0.25) is 0 Å². The Morgan fingerprint density at radius 1 is 1.24 bits per heavy atom. The number of pyridine rings is 1. The average molecular weight is 349 g/mol. The van der Waals surface area contributed by atoms with Crippen LogP contribution in [-0.4, -0.2) is 28.0 Å². The highest BCUT2D eigenvalue weighted by Gasteiger charge is 2.21. The van der Waals surface area contributed by atoms with Crippen LogP contribution in [0, 0.1) is 0 Å². The third-order valence-electron chi connectivity index (χ3n) is 2.87. The van der Waals surface area contributed by atoms with Crippen LogP contribution in [0.15, 0.2) is 53.3 Å². The summed E-state index contributed by atoms with van der Waals surface area (Å²) >= 11 is 3.17. The van der Waals surface area contributed by atoms with Gasteiger partial charge in [-0.1, -0.05) is 30.3 Å². The van der Waals surface area contributed by atoms with Gasteiger partial charge < -0.3 is 10.4 Å². The maximum atomic E-state index is 12.1. The van der Waals surface area contributed by atoms with E-state index < -0.39 is 17.9 Å². The molecule has 0 fully saturated rings. The molecule has 0 radical (unpaired) electrons. The summed E-state index contributed by atoms with van der Waals surface area (Å²) in [6, 6.07) is 11.2. The Hall–Kier alpha value is -2.21. The molecule has 0 saturated carbocycles. The maximum Gasteiger partial charge on any atom is 0.326 e. The lowest BCUT2D eigenvalue weighted by Gasteiger charge is -2.14. The first kappa shape index (κ1) is 15.2. The number of hydrogen-bond acceptors (Lipinski definition) is 3. The molecule has 0 bridgehead atoms. The van der Waals surface area contributed by atoms with E-state index in [0.717, 1.165) is 5.56 Å². The number of rotatable bonds is 5. The first-order chi connectivity index (χ1) is 10.1. The number of carboxylic acid groups (broad SMARTS) is 1. The Morgan fingerprint density at radius 2 is 1.95 bits per heavy atom. The van der Waals surface area contributed by atoms with Crippen LogP contribution >= 0.6 is 15.9 Å². The second kappa shape index (κ2) is 6.99. The van der Waals surface area contributed by atoms with E-state index in [1.54, 1.807) is 0 Å². The zero-order valence-corrected chi connectivity index (χ0v) is 12.6. The topological polar surface area (TPSA) is 79.3 Å². The Bertz CT molecular complexity index is 646. The molecular weight excluding hydrogens is 336 g/mol. The molecule has 0 aliphatic heterocycles. The highest BCUT2D eigenvalue weighted by molar-refractivity contribution is 9.10. The Labute approximate surface area is 130 Å². The van der Waals surface area contributed by atoms with E-state index in [4.69, 9.17) is 0 Å². The molecule has 108 valence electrons. The first-order valence-electron chi connectivity index (χ1n) is 6.25. The van der Waals surface area contributed by atoms with E-state index in [-0.39, 0.29) is 6.42 Å². The minimum atomic E-state index is -1.07. The van der Waals surface area contributed by atoms with Crippen molar-refractivity contribution in [1.82, 2.24) is 10.3 Å². The van der Waals surface area contributed by atoms with Gasteiger partial charge in [-0.3, -0.25) is 4.79 Å². The zero-order valence-electron chi connectivity index (χ0n) is 11.0. The number of nitrogens with one attached hydrogen (secondary N) is 1. The summed E-state index contributed by atoms with van der Waals surface area (Å²) in [6.07, 6.45) is 1.71. The average Bonchev–Trinajstić information content (AvgIpc) is 2.47. The van der Waals surface area contributed by atoms with Gasteiger partial charge in [-0.2, -0.15) is 0 Å². The summed E-state index contributed by atoms with van der Waals surface area (Å²) in [4.78, 5) is 27.3. The van der Waals surface area contributed by atoms with Crippen LogP contribution in [0.3, 0.4) is 0 Å². The molecule has 1 heterocycles. The number of amides is 1. The van der Waals surface area contributed by atoms with Crippen LogP contribution in [-0.2, 0) is 11.2 Å². The van der Waals surface area contributed by atoms with E-state index in [2.05, 4.69) is 26.2 Å². The standard InChI is InChI=1S/C15H13BrN2O3/c16-13-9-11(6-7-17-13)14(19)18-12(15(20)21)8-10-4-2-1-3-5-10/h1-7,9,12H,8H2,(H,18,19)(H,20,21)/t12-/m1/s1. The predicted octanol–water partition coefficient (Wildman–Crippen LogP) is 2.27. The summed E-state index contributed by atoms with van der Waals surface area (Å²) in [5, 5.41) is 11.8. The Morgan fingerprint density at radius 3 is 2.57 bits per heavy atom. The summed E-state index contributed by atoms with van der Waals surface area (Å²) < 4.78 is 0.519. The van der Waals surface area contributed by atoms with Crippen LogP contribution in [0.5, 0.6) is 0 Å². The first-order valence-corrected chi connectivity index (χ1v) is 7.04. The fourth-order valence-electron chi connectivity index (χ4n) is 1.84. The van der Waals surface area contributed by atoms with Gasteiger partial charge in [0.25, 0.3) is 5.91 Å². The van der Waals surface area contributed by atoms with Crippen molar-refractivity contribution in [2.24, 2.45) is 0 Å². The molecule has 6 heteroatoms. The van der Waals surface area contributed by atoms with E-state index in [1.165, 1.54) is 18.3 Å². The van der Waals surface area contributed by atoms with Crippen molar-refractivity contribution in [2.75, 3.05) is 0 Å². The van der Waals surface area contributed by atoms with Crippen molar-refractivity contribution in [2.45, 2.75) is 12.5 Å². The van der Waals surface area contributed by atoms with Gasteiger partial charge in [-0.05, 0) is 33.6 Å². The number of carboxylic acids is 1. The second-order valence-electron chi connectivity index (χ2n) is 4.42. The molecule has 1 aromatic heterocycles. The number of aliphatic carboxylic acids is 1. The number of halogens is 1. The minimum Gasteiger partial charge on any atom is -0.480 e. The molecule has 2 aromatic rings. The quantitative estimate of drug-likeness (QED) is 0.812. The molecular formula is C15H13BrN2O3. The van der Waals surface area contributed by atoms with Crippen molar-refractivity contribution in [3.05, 3.63) is 64.4 Å². The highest BCUT2D eigenvalue weighted by atomic mass is 79.9. The fraction of sp³-hybridized carbons (Fsp3) is 0.133. The lowest BCUT2D eigenvalue weighted by atomic mass is 10.1. The van der Waals surface area contributed by atoms with E-state index in [0.29, 0.717) is 10.2 Å². The molecule has 0 unspecified atom stereocenters. The minimum absolute atomic E-state index is 0.230. The summed E-state index contributed by atoms with van der Waals surface area (Å²) in [5.41, 5.74) is 1.21. The number of nitrogens with zero attached hydrogens (tertiary/aromatic N) is 1. The van der Waals surface area contributed by atoms with Crippen molar-refractivity contribution < 1.29 is 14.7 Å². The molecule has 5 nitrogen and oxygen atoms in total. The SMILES string of the molecule is O=C(N[C@H](Cc1ccccc1)C(=O)O)c1ccnc(Br)c1. The molecule has 2 N–H and O–H groups in total. The highest BCUT2D eigenvalue weighted by Crippen LogP contribution is 2.09. The van der Waals surface area contributed by atoms with Crippen molar-refractivity contribution in [3.63, 3.8) is 0 Å². The maximum absolute atomic E-state index is 12.1. The number of hydrogen-bond donors (Lipinski definition) is 2. The van der Waals surface area contributed by atoms with Crippen molar-refractivity contribution in [1.29, 1.82) is 0 Å². The fourth-order valence-corrected chi connectivity index (χ4v) is 2.20. The van der Waals surface area contributed by atoms with Gasteiger partial charge in [0.15, 0.2) is 0 Å². The van der Waals surface area contributed by atoms with Gasteiger partial charge in [-0.15, -0.1) is 0 Å². The Kier molecular flexibility index (Phi) is 5.05. The number of aromatic nitrogens is 1. The molecule has 0 aliphatic rings. The molecule has 1 aromatic carbocycles. The van der Waals surface area contributed by atoms with Crippen LogP contribution in [0.1, 0.15) is 15.9 Å². The van der Waals surface area contributed by atoms with E-state index in [9.17, 15) is 14.7 Å². The largest absolute Gasteiger partial charge is 0.480 e. The van der Waals surface area contributed by atoms with Gasteiger partial charge in [0.2, 0.25) is 0 Å². The number of carbonyl (C=O) groups excluding carboxylic acids is 1. The van der Waals surface area contributed by atoms with Gasteiger partial charge in [-0.25, -0.2) is 9.78 Å². The molecule has 2 rings (SSSR count). The molecule has 1 atom stereocenters. The summed E-state index contributed by atoms with van der Waals surface area (Å²) in [7, 11) is 0. The molecule has 1 amide bonds.